The molecule has 1 aromatic rings. The lowest BCUT2D eigenvalue weighted by Gasteiger charge is -2.08. The van der Waals surface area contributed by atoms with Gasteiger partial charge in [-0.05, 0) is 50.8 Å². The van der Waals surface area contributed by atoms with E-state index in [9.17, 15) is 23.1 Å². The molecule has 2 rings (SSSR count). The van der Waals surface area contributed by atoms with Crippen LogP contribution in [-0.2, 0) is 24.2 Å². The molecule has 204 valence electrons. The van der Waals surface area contributed by atoms with Crippen molar-refractivity contribution in [3.63, 3.8) is 0 Å². The Bertz CT molecular complexity index is 1050. The number of aliphatic hydroxyl groups is 1. The molecule has 6 nitrogen and oxygen atoms in total. The highest BCUT2D eigenvalue weighted by molar-refractivity contribution is 7.96. The van der Waals surface area contributed by atoms with E-state index in [1.54, 1.807) is 37.3 Å². The van der Waals surface area contributed by atoms with Gasteiger partial charge < -0.3 is 9.84 Å². The molecule has 0 aliphatic heterocycles. The molecule has 0 bridgehead atoms. The molecule has 0 amide bonds. The van der Waals surface area contributed by atoms with Crippen LogP contribution in [0.25, 0.3) is 0 Å². The molecule has 1 aliphatic rings. The van der Waals surface area contributed by atoms with Gasteiger partial charge in [0.05, 0.1) is 17.6 Å². The second-order valence-electron chi connectivity index (χ2n) is 9.42. The molecule has 0 saturated carbocycles. The fraction of sp³-hybridized carbons (Fsp3) is 0.533. The molecule has 2 atom stereocenters. The number of ether oxygens (including phenoxy) is 1. The van der Waals surface area contributed by atoms with Crippen molar-refractivity contribution in [3.8, 4) is 0 Å². The molecular formula is C30H42O6S. The molecule has 2 unspecified atom stereocenters. The number of unbranched alkanes of at least 4 members (excludes halogenated alkanes) is 7. The Labute approximate surface area is 222 Å². The number of esters is 1. The SMILES string of the molecule is CCCCCC(O)/C=C/C1C=C(S(=O)(=O)c2ccccc2)C(=O)/C1=C\CCCCCCCC(=O)OCC. The third kappa shape index (κ3) is 10.0. The maximum atomic E-state index is 13.3. The number of rotatable bonds is 17. The normalized spacial score (nSPS) is 17.9. The molecule has 7 heteroatoms. The number of carbonyl (C=O) groups excluding carboxylic acids is 2. The first kappa shape index (κ1) is 30.7. The van der Waals surface area contributed by atoms with Gasteiger partial charge in [0, 0.05) is 17.9 Å². The highest BCUT2D eigenvalue weighted by Crippen LogP contribution is 2.34. The van der Waals surface area contributed by atoms with Crippen LogP contribution in [0.2, 0.25) is 0 Å². The number of ketones is 1. The summed E-state index contributed by atoms with van der Waals surface area (Å²) in [7, 11) is -3.93. The lowest BCUT2D eigenvalue weighted by molar-refractivity contribution is -0.143. The predicted octanol–water partition coefficient (Wildman–Crippen LogP) is 6.26. The number of hydrogen-bond acceptors (Lipinski definition) is 6. The number of hydrogen-bond donors (Lipinski definition) is 1. The lowest BCUT2D eigenvalue weighted by atomic mass is 9.98. The molecule has 0 saturated heterocycles. The third-order valence-corrected chi connectivity index (χ3v) is 8.21. The van der Waals surface area contributed by atoms with Crippen LogP contribution >= 0.6 is 0 Å². The van der Waals surface area contributed by atoms with Crippen molar-refractivity contribution in [3.05, 3.63) is 65.1 Å². The Morgan fingerprint density at radius 2 is 1.73 bits per heavy atom. The van der Waals surface area contributed by atoms with E-state index in [1.807, 2.05) is 6.08 Å². The molecule has 0 radical (unpaired) electrons. The van der Waals surface area contributed by atoms with Gasteiger partial charge in [0.2, 0.25) is 15.6 Å². The maximum Gasteiger partial charge on any atom is 0.305 e. The Balaban J connectivity index is 2.04. The monoisotopic (exact) mass is 530 g/mol. The van der Waals surface area contributed by atoms with Crippen molar-refractivity contribution in [2.75, 3.05) is 6.61 Å². The molecule has 1 N–H and O–H groups in total. The van der Waals surface area contributed by atoms with E-state index in [0.29, 0.717) is 31.4 Å². The number of allylic oxidation sites excluding steroid dienone is 5. The molecular weight excluding hydrogens is 488 g/mol. The molecule has 0 heterocycles. The van der Waals surface area contributed by atoms with Crippen molar-refractivity contribution < 1.29 is 27.9 Å². The number of Topliss-reactive ketones (excluding diaryl/α,β-unsaturated/α-hetero) is 1. The number of carbonyl (C=O) groups is 2. The topological polar surface area (TPSA) is 97.7 Å². The molecule has 1 aromatic carbocycles. The predicted molar refractivity (Wildman–Crippen MR) is 147 cm³/mol. The van der Waals surface area contributed by atoms with Crippen molar-refractivity contribution in [1.82, 2.24) is 0 Å². The van der Waals surface area contributed by atoms with Gasteiger partial charge in [-0.25, -0.2) is 8.42 Å². The van der Waals surface area contributed by atoms with Gasteiger partial charge in [-0.1, -0.05) is 81.9 Å². The molecule has 0 fully saturated rings. The summed E-state index contributed by atoms with van der Waals surface area (Å²) in [5.74, 6) is -1.10. The number of aliphatic hydroxyl groups excluding tert-OH is 1. The Morgan fingerprint density at radius 3 is 2.43 bits per heavy atom. The summed E-state index contributed by atoms with van der Waals surface area (Å²) in [4.78, 5) is 24.6. The van der Waals surface area contributed by atoms with Crippen molar-refractivity contribution >= 4 is 21.6 Å². The van der Waals surface area contributed by atoms with E-state index in [-0.39, 0.29) is 15.8 Å². The fourth-order valence-corrected chi connectivity index (χ4v) is 5.79. The van der Waals surface area contributed by atoms with Crippen molar-refractivity contribution in [2.24, 2.45) is 5.92 Å². The van der Waals surface area contributed by atoms with Crippen LogP contribution in [-0.4, -0.2) is 38.0 Å². The van der Waals surface area contributed by atoms with Crippen LogP contribution in [0.3, 0.4) is 0 Å². The van der Waals surface area contributed by atoms with Crippen molar-refractivity contribution in [1.29, 1.82) is 0 Å². The number of benzene rings is 1. The lowest BCUT2D eigenvalue weighted by Crippen LogP contribution is -2.12. The van der Waals surface area contributed by atoms with Gasteiger partial charge in [0.1, 0.15) is 4.91 Å². The van der Waals surface area contributed by atoms with Gasteiger partial charge in [0.15, 0.2) is 0 Å². The van der Waals surface area contributed by atoms with E-state index in [0.717, 1.165) is 51.4 Å². The summed E-state index contributed by atoms with van der Waals surface area (Å²) in [6.07, 6.45) is 15.5. The largest absolute Gasteiger partial charge is 0.466 e. The summed E-state index contributed by atoms with van der Waals surface area (Å²) < 4.78 is 31.3. The standard InChI is InChI=1S/C30H42O6S/c1-3-5-11-16-25(31)22-21-24-23-28(37(34,35)26-17-12-10-13-18-26)30(33)27(24)19-14-8-6-7-9-15-20-29(32)36-4-2/h10,12-13,17-19,21-25,31H,3-9,11,14-16,20H2,1-2H3/b22-21+,27-19-. The quantitative estimate of drug-likeness (QED) is 0.110. The van der Waals surface area contributed by atoms with E-state index >= 15 is 0 Å². The zero-order valence-corrected chi connectivity index (χ0v) is 23.0. The van der Waals surface area contributed by atoms with Gasteiger partial charge in [-0.2, -0.15) is 0 Å². The average molecular weight is 531 g/mol. The van der Waals surface area contributed by atoms with Gasteiger partial charge >= 0.3 is 5.97 Å². The smallest absolute Gasteiger partial charge is 0.305 e. The molecule has 0 aromatic heterocycles. The average Bonchev–Trinajstić information content (AvgIpc) is 3.21. The summed E-state index contributed by atoms with van der Waals surface area (Å²) in [5, 5.41) is 10.3. The van der Waals surface area contributed by atoms with Gasteiger partial charge in [0.25, 0.3) is 0 Å². The highest BCUT2D eigenvalue weighted by atomic mass is 32.2. The van der Waals surface area contributed by atoms with Crippen molar-refractivity contribution in [2.45, 2.75) is 95.5 Å². The Hall–Kier alpha value is -2.51. The van der Waals surface area contributed by atoms with Crippen LogP contribution < -0.4 is 0 Å². The van der Waals surface area contributed by atoms with E-state index in [1.165, 1.54) is 18.2 Å². The summed E-state index contributed by atoms with van der Waals surface area (Å²) in [6.45, 7) is 4.31. The summed E-state index contributed by atoms with van der Waals surface area (Å²) in [6, 6.07) is 8.00. The molecule has 37 heavy (non-hydrogen) atoms. The van der Waals surface area contributed by atoms with Crippen LogP contribution in [0.1, 0.15) is 84.5 Å². The second kappa shape index (κ2) is 16.4. The van der Waals surface area contributed by atoms with E-state index in [4.69, 9.17) is 4.74 Å². The summed E-state index contributed by atoms with van der Waals surface area (Å²) >= 11 is 0. The zero-order chi connectivity index (χ0) is 27.1. The maximum absolute atomic E-state index is 13.3. The highest BCUT2D eigenvalue weighted by Gasteiger charge is 2.36. The second-order valence-corrected chi connectivity index (χ2v) is 11.3. The van der Waals surface area contributed by atoms with Gasteiger partial charge in [-0.3, -0.25) is 9.59 Å². The first-order chi connectivity index (χ1) is 17.8. The fourth-order valence-electron chi connectivity index (χ4n) is 4.33. The van der Waals surface area contributed by atoms with E-state index in [2.05, 4.69) is 6.92 Å². The summed E-state index contributed by atoms with van der Waals surface area (Å²) in [5.41, 5.74) is 0.453. The van der Waals surface area contributed by atoms with Crippen LogP contribution in [0, 0.1) is 5.92 Å². The zero-order valence-electron chi connectivity index (χ0n) is 22.2. The molecule has 1 aliphatic carbocycles. The van der Waals surface area contributed by atoms with Crippen LogP contribution in [0.4, 0.5) is 0 Å². The first-order valence-electron chi connectivity index (χ1n) is 13.6. The van der Waals surface area contributed by atoms with Crippen LogP contribution in [0.15, 0.2) is 70.0 Å². The minimum Gasteiger partial charge on any atom is -0.466 e. The minimum atomic E-state index is -3.93. The Morgan fingerprint density at radius 1 is 1.03 bits per heavy atom. The first-order valence-corrected chi connectivity index (χ1v) is 15.1. The van der Waals surface area contributed by atoms with Gasteiger partial charge in [-0.15, -0.1) is 0 Å². The minimum absolute atomic E-state index is 0.0981. The number of sulfone groups is 1. The third-order valence-electron chi connectivity index (χ3n) is 6.42. The van der Waals surface area contributed by atoms with Crippen LogP contribution in [0.5, 0.6) is 0 Å². The Kier molecular flexibility index (Phi) is 13.6. The molecule has 0 spiro atoms. The van der Waals surface area contributed by atoms with E-state index < -0.39 is 27.6 Å².